The minimum Gasteiger partial charge on any atom is -0.497 e. The van der Waals surface area contributed by atoms with Gasteiger partial charge in [0.1, 0.15) is 11.5 Å². The van der Waals surface area contributed by atoms with E-state index < -0.39 is 0 Å². The van der Waals surface area contributed by atoms with Crippen molar-refractivity contribution in [1.29, 1.82) is 0 Å². The molecule has 0 amide bonds. The molecule has 2 aromatic rings. The number of hydrogen-bond donors (Lipinski definition) is 0. The van der Waals surface area contributed by atoms with Crippen molar-refractivity contribution in [1.82, 2.24) is 15.0 Å². The summed E-state index contributed by atoms with van der Waals surface area (Å²) in [7, 11) is 3.22. The summed E-state index contributed by atoms with van der Waals surface area (Å²) < 4.78 is 12.0. The highest BCUT2D eigenvalue weighted by Crippen LogP contribution is 2.24. The summed E-state index contributed by atoms with van der Waals surface area (Å²) in [5.74, 6) is 1.44. The zero-order valence-corrected chi connectivity index (χ0v) is 8.54. The van der Waals surface area contributed by atoms with E-state index in [0.29, 0.717) is 0 Å². The van der Waals surface area contributed by atoms with E-state index in [0.717, 1.165) is 17.2 Å². The van der Waals surface area contributed by atoms with Crippen LogP contribution in [-0.2, 0) is 0 Å². The van der Waals surface area contributed by atoms with Crippen LogP contribution in [0.5, 0.6) is 11.5 Å². The molecule has 0 aliphatic heterocycles. The molecule has 15 heavy (non-hydrogen) atoms. The van der Waals surface area contributed by atoms with Gasteiger partial charge in [0.25, 0.3) is 0 Å². The van der Waals surface area contributed by atoms with Crippen LogP contribution in [0, 0.1) is 0 Å². The lowest BCUT2D eigenvalue weighted by molar-refractivity contribution is 0.394. The van der Waals surface area contributed by atoms with Gasteiger partial charge in [-0.25, -0.2) is 4.68 Å². The summed E-state index contributed by atoms with van der Waals surface area (Å²) in [6.45, 7) is 0. The molecule has 5 nitrogen and oxygen atoms in total. The Morgan fingerprint density at radius 1 is 1.07 bits per heavy atom. The van der Waals surface area contributed by atoms with Crippen molar-refractivity contribution in [3.63, 3.8) is 0 Å². The number of nitrogens with zero attached hydrogens (tertiary/aromatic N) is 3. The van der Waals surface area contributed by atoms with Gasteiger partial charge in [-0.2, -0.15) is 0 Å². The largest absolute Gasteiger partial charge is 0.497 e. The molecule has 2 rings (SSSR count). The Hall–Kier alpha value is -2.04. The molecule has 1 aromatic carbocycles. The van der Waals surface area contributed by atoms with E-state index in [1.54, 1.807) is 37.4 Å². The molecule has 0 fully saturated rings. The fourth-order valence-electron chi connectivity index (χ4n) is 1.27. The summed E-state index contributed by atoms with van der Waals surface area (Å²) in [4.78, 5) is 0. The summed E-state index contributed by atoms with van der Waals surface area (Å²) >= 11 is 0. The quantitative estimate of drug-likeness (QED) is 0.757. The summed E-state index contributed by atoms with van der Waals surface area (Å²) in [6.07, 6.45) is 3.38. The van der Waals surface area contributed by atoms with E-state index in [1.807, 2.05) is 12.1 Å². The van der Waals surface area contributed by atoms with Crippen LogP contribution >= 0.6 is 0 Å². The van der Waals surface area contributed by atoms with Crippen LogP contribution in [0.4, 0.5) is 0 Å². The van der Waals surface area contributed by atoms with Gasteiger partial charge in [-0.3, -0.25) is 0 Å². The summed E-state index contributed by atoms with van der Waals surface area (Å²) in [6, 6.07) is 5.52. The lowest BCUT2D eigenvalue weighted by Gasteiger charge is -2.07. The monoisotopic (exact) mass is 205 g/mol. The fourth-order valence-corrected chi connectivity index (χ4v) is 1.27. The number of rotatable bonds is 3. The smallest absolute Gasteiger partial charge is 0.124 e. The summed E-state index contributed by atoms with van der Waals surface area (Å²) in [5, 5.41) is 7.63. The molecular weight excluding hydrogens is 194 g/mol. The topological polar surface area (TPSA) is 49.2 Å². The first-order valence-corrected chi connectivity index (χ1v) is 4.43. The molecular formula is C10H11N3O2. The van der Waals surface area contributed by atoms with Gasteiger partial charge >= 0.3 is 0 Å². The maximum atomic E-state index is 5.15. The Morgan fingerprint density at radius 3 is 2.20 bits per heavy atom. The second kappa shape index (κ2) is 4.00. The Morgan fingerprint density at radius 2 is 1.73 bits per heavy atom. The number of benzene rings is 1. The fraction of sp³-hybridized carbons (Fsp3) is 0.200. The molecule has 0 aliphatic carbocycles. The first-order valence-electron chi connectivity index (χ1n) is 4.43. The molecule has 0 N–H and O–H groups in total. The maximum Gasteiger partial charge on any atom is 0.124 e. The minimum atomic E-state index is 0.722. The number of ether oxygens (including phenoxy) is 2. The highest BCUT2D eigenvalue weighted by atomic mass is 16.5. The zero-order chi connectivity index (χ0) is 10.7. The van der Waals surface area contributed by atoms with Crippen LogP contribution < -0.4 is 9.47 Å². The van der Waals surface area contributed by atoms with Crippen molar-refractivity contribution in [2.45, 2.75) is 0 Å². The van der Waals surface area contributed by atoms with E-state index in [4.69, 9.17) is 9.47 Å². The van der Waals surface area contributed by atoms with Crippen molar-refractivity contribution in [3.8, 4) is 17.2 Å². The standard InChI is InChI=1S/C10H11N3O2/c1-14-9-5-8(6-10(7-9)15-2)13-4-3-11-12-13/h3-7H,1-2H3. The molecule has 0 bridgehead atoms. The van der Waals surface area contributed by atoms with Crippen LogP contribution in [0.15, 0.2) is 30.6 Å². The second-order valence-corrected chi connectivity index (χ2v) is 2.92. The van der Waals surface area contributed by atoms with Crippen molar-refractivity contribution in [2.24, 2.45) is 0 Å². The third-order valence-electron chi connectivity index (χ3n) is 2.02. The average molecular weight is 205 g/mol. The molecule has 1 heterocycles. The predicted octanol–water partition coefficient (Wildman–Crippen LogP) is 1.28. The normalized spacial score (nSPS) is 10.0. The zero-order valence-electron chi connectivity index (χ0n) is 8.54. The third kappa shape index (κ3) is 1.90. The Bertz CT molecular complexity index is 418. The number of methoxy groups -OCH3 is 2. The molecule has 78 valence electrons. The third-order valence-corrected chi connectivity index (χ3v) is 2.02. The van der Waals surface area contributed by atoms with Gasteiger partial charge in [-0.1, -0.05) is 5.21 Å². The number of aromatic nitrogens is 3. The lowest BCUT2D eigenvalue weighted by atomic mass is 10.3. The van der Waals surface area contributed by atoms with E-state index in [1.165, 1.54) is 0 Å². The summed E-state index contributed by atoms with van der Waals surface area (Å²) in [5.41, 5.74) is 0.851. The molecule has 0 radical (unpaired) electrons. The Balaban J connectivity index is 2.47. The maximum absolute atomic E-state index is 5.15. The first-order chi connectivity index (χ1) is 7.33. The van der Waals surface area contributed by atoms with Crippen molar-refractivity contribution >= 4 is 0 Å². The van der Waals surface area contributed by atoms with Gasteiger partial charge in [-0.15, -0.1) is 5.10 Å². The van der Waals surface area contributed by atoms with Gasteiger partial charge in [0.05, 0.1) is 32.3 Å². The van der Waals surface area contributed by atoms with E-state index in [2.05, 4.69) is 10.3 Å². The molecule has 5 heteroatoms. The highest BCUT2D eigenvalue weighted by molar-refractivity contribution is 5.45. The van der Waals surface area contributed by atoms with Gasteiger partial charge in [0.15, 0.2) is 0 Å². The van der Waals surface area contributed by atoms with Gasteiger partial charge in [0, 0.05) is 18.2 Å². The molecule has 0 atom stereocenters. The molecule has 0 unspecified atom stereocenters. The Labute approximate surface area is 87.2 Å². The van der Waals surface area contributed by atoms with Crippen LogP contribution in [0.25, 0.3) is 5.69 Å². The van der Waals surface area contributed by atoms with Gasteiger partial charge in [-0.05, 0) is 0 Å². The van der Waals surface area contributed by atoms with Crippen LogP contribution in [-0.4, -0.2) is 29.2 Å². The SMILES string of the molecule is COc1cc(OC)cc(-n2ccnn2)c1. The first kappa shape index (κ1) is 9.51. The average Bonchev–Trinajstić information content (AvgIpc) is 2.81. The molecule has 1 aromatic heterocycles. The van der Waals surface area contributed by atoms with Gasteiger partial charge < -0.3 is 9.47 Å². The van der Waals surface area contributed by atoms with Crippen molar-refractivity contribution in [2.75, 3.05) is 14.2 Å². The minimum absolute atomic E-state index is 0.722. The van der Waals surface area contributed by atoms with E-state index in [9.17, 15) is 0 Å². The van der Waals surface area contributed by atoms with Crippen molar-refractivity contribution < 1.29 is 9.47 Å². The molecule has 0 aliphatic rings. The lowest BCUT2D eigenvalue weighted by Crippen LogP contribution is -1.97. The molecule has 0 saturated carbocycles. The van der Waals surface area contributed by atoms with Crippen LogP contribution in [0.1, 0.15) is 0 Å². The van der Waals surface area contributed by atoms with Crippen LogP contribution in [0.2, 0.25) is 0 Å². The van der Waals surface area contributed by atoms with Gasteiger partial charge in [0.2, 0.25) is 0 Å². The number of hydrogen-bond acceptors (Lipinski definition) is 4. The molecule has 0 spiro atoms. The second-order valence-electron chi connectivity index (χ2n) is 2.92. The Kier molecular flexibility index (Phi) is 2.53. The van der Waals surface area contributed by atoms with E-state index >= 15 is 0 Å². The van der Waals surface area contributed by atoms with Crippen LogP contribution in [0.3, 0.4) is 0 Å². The highest BCUT2D eigenvalue weighted by Gasteiger charge is 2.03. The van der Waals surface area contributed by atoms with Crippen molar-refractivity contribution in [3.05, 3.63) is 30.6 Å². The predicted molar refractivity (Wildman–Crippen MR) is 54.5 cm³/mol. The van der Waals surface area contributed by atoms with E-state index in [-0.39, 0.29) is 0 Å². The molecule has 0 saturated heterocycles.